The Hall–Kier alpha value is -5.71. The molecular formula is C41H26N2OS. The molecule has 0 N–H and O–H groups in total. The number of nitrogens with zero attached hydrogens (tertiary/aromatic N) is 2. The Morgan fingerprint density at radius 2 is 1.11 bits per heavy atom. The molecule has 45 heavy (non-hydrogen) atoms. The molecule has 0 fully saturated rings. The van der Waals surface area contributed by atoms with E-state index in [9.17, 15) is 0 Å². The fourth-order valence-corrected chi connectivity index (χ4v) is 7.58. The molecule has 0 atom stereocenters. The van der Waals surface area contributed by atoms with Gasteiger partial charge < -0.3 is 9.32 Å². The third-order valence-electron chi connectivity index (χ3n) is 8.55. The molecule has 0 aliphatic carbocycles. The van der Waals surface area contributed by atoms with Gasteiger partial charge >= 0.3 is 0 Å². The number of anilines is 3. The van der Waals surface area contributed by atoms with Crippen molar-refractivity contribution >= 4 is 70.6 Å². The maximum Gasteiger partial charge on any atom is 0.177 e. The van der Waals surface area contributed by atoms with Gasteiger partial charge in [0.2, 0.25) is 0 Å². The van der Waals surface area contributed by atoms with Crippen LogP contribution >= 0.6 is 11.3 Å². The van der Waals surface area contributed by atoms with Gasteiger partial charge in [-0.3, -0.25) is 4.98 Å². The highest BCUT2D eigenvalue weighted by atomic mass is 32.1. The lowest BCUT2D eigenvalue weighted by molar-refractivity contribution is 0.668. The number of aromatic nitrogens is 1. The second-order valence-corrected chi connectivity index (χ2v) is 12.2. The van der Waals surface area contributed by atoms with Crippen LogP contribution in [0.3, 0.4) is 0 Å². The highest BCUT2D eigenvalue weighted by molar-refractivity contribution is 7.26. The zero-order valence-electron chi connectivity index (χ0n) is 24.2. The average molecular weight is 595 g/mol. The van der Waals surface area contributed by atoms with Crippen molar-refractivity contribution in [3.05, 3.63) is 158 Å². The first kappa shape index (κ1) is 25.8. The smallest absolute Gasteiger partial charge is 0.177 e. The Labute approximate surface area is 264 Å². The summed E-state index contributed by atoms with van der Waals surface area (Å²) >= 11 is 1.83. The van der Waals surface area contributed by atoms with Crippen molar-refractivity contribution in [1.82, 2.24) is 4.98 Å². The molecule has 0 aliphatic heterocycles. The normalized spacial score (nSPS) is 11.6. The summed E-state index contributed by atoms with van der Waals surface area (Å²) in [6.45, 7) is 0. The van der Waals surface area contributed by atoms with Gasteiger partial charge in [-0.05, 0) is 64.7 Å². The Morgan fingerprint density at radius 1 is 0.489 bits per heavy atom. The Morgan fingerprint density at radius 3 is 1.89 bits per heavy atom. The molecule has 0 bridgehead atoms. The lowest BCUT2D eigenvalue weighted by atomic mass is 10.00. The van der Waals surface area contributed by atoms with E-state index in [1.165, 1.54) is 42.4 Å². The summed E-state index contributed by atoms with van der Waals surface area (Å²) in [6, 6.07) is 53.6. The van der Waals surface area contributed by atoms with Gasteiger partial charge in [-0.15, -0.1) is 11.3 Å². The minimum atomic E-state index is 0.775. The number of furan rings is 1. The minimum absolute atomic E-state index is 0.775. The first-order valence-electron chi connectivity index (χ1n) is 15.0. The summed E-state index contributed by atoms with van der Waals surface area (Å²) in [5, 5.41) is 3.55. The minimum Gasteiger partial charge on any atom is -0.452 e. The van der Waals surface area contributed by atoms with Crippen LogP contribution in [0.5, 0.6) is 0 Å². The summed E-state index contributed by atoms with van der Waals surface area (Å²) in [5.41, 5.74) is 10.4. The van der Waals surface area contributed by atoms with Gasteiger partial charge in [-0.1, -0.05) is 109 Å². The van der Waals surface area contributed by atoms with Crippen LogP contribution in [0.25, 0.3) is 64.5 Å². The van der Waals surface area contributed by atoms with Crippen LogP contribution < -0.4 is 4.90 Å². The quantitative estimate of drug-likeness (QED) is 0.198. The molecule has 4 heteroatoms. The standard InChI is InChI=1S/C41H26N2OS/c1-2-9-27(10-3-1)28-17-19-29(20-18-28)30-21-23-31(24-22-30)43(35-25-26-42-39-34-12-4-6-15-37(34)44-40(35)39)36-14-8-13-33-32-11-5-7-16-38(32)45-41(33)36/h1-26H. The summed E-state index contributed by atoms with van der Waals surface area (Å²) in [4.78, 5) is 7.09. The van der Waals surface area contributed by atoms with Crippen LogP contribution in [0.2, 0.25) is 0 Å². The van der Waals surface area contributed by atoms with E-state index in [0.29, 0.717) is 0 Å². The van der Waals surface area contributed by atoms with Gasteiger partial charge in [-0.2, -0.15) is 0 Å². The van der Waals surface area contributed by atoms with E-state index >= 15 is 0 Å². The van der Waals surface area contributed by atoms with Crippen LogP contribution in [0.15, 0.2) is 162 Å². The zero-order valence-corrected chi connectivity index (χ0v) is 25.0. The monoisotopic (exact) mass is 594 g/mol. The number of hydrogen-bond donors (Lipinski definition) is 0. The average Bonchev–Trinajstić information content (AvgIpc) is 3.69. The summed E-state index contributed by atoms with van der Waals surface area (Å²) < 4.78 is 9.03. The van der Waals surface area contributed by atoms with E-state index in [1.54, 1.807) is 0 Å². The van der Waals surface area contributed by atoms with E-state index < -0.39 is 0 Å². The number of pyridine rings is 1. The molecule has 3 heterocycles. The zero-order chi connectivity index (χ0) is 29.7. The van der Waals surface area contributed by atoms with Crippen molar-refractivity contribution in [3.63, 3.8) is 0 Å². The van der Waals surface area contributed by atoms with Crippen LogP contribution in [0.1, 0.15) is 0 Å². The largest absolute Gasteiger partial charge is 0.452 e. The molecule has 9 rings (SSSR count). The molecule has 3 nitrogen and oxygen atoms in total. The Bertz CT molecular complexity index is 2360. The van der Waals surface area contributed by atoms with E-state index in [1.807, 2.05) is 35.7 Å². The number of fused-ring (bicyclic) bond motifs is 6. The van der Waals surface area contributed by atoms with Crippen molar-refractivity contribution in [3.8, 4) is 22.3 Å². The second-order valence-electron chi connectivity index (χ2n) is 11.2. The maximum atomic E-state index is 6.52. The third kappa shape index (κ3) is 4.30. The third-order valence-corrected chi connectivity index (χ3v) is 9.76. The molecule has 212 valence electrons. The van der Waals surface area contributed by atoms with Crippen molar-refractivity contribution in [2.24, 2.45) is 0 Å². The molecule has 0 radical (unpaired) electrons. The van der Waals surface area contributed by atoms with E-state index in [4.69, 9.17) is 9.40 Å². The molecule has 0 aliphatic rings. The van der Waals surface area contributed by atoms with Gasteiger partial charge in [0.1, 0.15) is 11.1 Å². The first-order chi connectivity index (χ1) is 22.3. The summed E-state index contributed by atoms with van der Waals surface area (Å²) in [7, 11) is 0. The first-order valence-corrected chi connectivity index (χ1v) is 15.9. The van der Waals surface area contributed by atoms with E-state index in [-0.39, 0.29) is 0 Å². The van der Waals surface area contributed by atoms with Gasteiger partial charge in [-0.25, -0.2) is 0 Å². The fraction of sp³-hybridized carbons (Fsp3) is 0. The van der Waals surface area contributed by atoms with Crippen molar-refractivity contribution in [1.29, 1.82) is 0 Å². The SMILES string of the molecule is c1ccc(-c2ccc(-c3ccc(N(c4ccnc5c4oc4ccccc45)c4cccc5c4sc4ccccc45)cc3)cc2)cc1. The predicted octanol–water partition coefficient (Wildman–Crippen LogP) is 12.2. The maximum absolute atomic E-state index is 6.52. The van der Waals surface area contributed by atoms with Gasteiger partial charge in [0.25, 0.3) is 0 Å². The number of benzene rings is 6. The van der Waals surface area contributed by atoms with Crippen molar-refractivity contribution in [2.75, 3.05) is 4.90 Å². The lowest BCUT2D eigenvalue weighted by Crippen LogP contribution is -2.10. The van der Waals surface area contributed by atoms with Crippen LogP contribution in [-0.2, 0) is 0 Å². The van der Waals surface area contributed by atoms with Gasteiger partial charge in [0.05, 0.1) is 16.1 Å². The Kier molecular flexibility index (Phi) is 6.00. The number of hydrogen-bond acceptors (Lipinski definition) is 4. The lowest BCUT2D eigenvalue weighted by Gasteiger charge is -2.26. The van der Waals surface area contributed by atoms with Crippen LogP contribution in [0, 0.1) is 0 Å². The highest BCUT2D eigenvalue weighted by Gasteiger charge is 2.22. The molecule has 0 unspecified atom stereocenters. The van der Waals surface area contributed by atoms with E-state index in [0.717, 1.165) is 39.1 Å². The molecular weight excluding hydrogens is 569 g/mol. The molecule has 0 saturated carbocycles. The number of thiophene rings is 1. The van der Waals surface area contributed by atoms with Crippen LogP contribution in [-0.4, -0.2) is 4.98 Å². The molecule has 0 spiro atoms. The van der Waals surface area contributed by atoms with Crippen molar-refractivity contribution < 1.29 is 4.42 Å². The van der Waals surface area contributed by atoms with Gasteiger partial charge in [0.15, 0.2) is 5.58 Å². The van der Waals surface area contributed by atoms with Crippen LogP contribution in [0.4, 0.5) is 17.1 Å². The van der Waals surface area contributed by atoms with Gasteiger partial charge in [0, 0.05) is 32.7 Å². The molecule has 0 amide bonds. The Balaban J connectivity index is 1.21. The second kappa shape index (κ2) is 10.5. The fourth-order valence-electron chi connectivity index (χ4n) is 6.37. The number of para-hydroxylation sites is 1. The highest BCUT2D eigenvalue weighted by Crippen LogP contribution is 2.47. The topological polar surface area (TPSA) is 29.3 Å². The molecule has 6 aromatic carbocycles. The summed E-state index contributed by atoms with van der Waals surface area (Å²) in [5.74, 6) is 0. The molecule has 3 aromatic heterocycles. The van der Waals surface area contributed by atoms with E-state index in [2.05, 4.69) is 138 Å². The molecule has 9 aromatic rings. The molecule has 0 saturated heterocycles. The summed E-state index contributed by atoms with van der Waals surface area (Å²) in [6.07, 6.45) is 1.89. The van der Waals surface area contributed by atoms with Crippen molar-refractivity contribution in [2.45, 2.75) is 0 Å². The predicted molar refractivity (Wildman–Crippen MR) is 190 cm³/mol. The number of rotatable bonds is 5.